The molecule has 0 saturated heterocycles. The summed E-state index contributed by atoms with van der Waals surface area (Å²) in [5.74, 6) is 0.616. The lowest BCUT2D eigenvalue weighted by Crippen LogP contribution is -2.20. The molecule has 0 amide bonds. The molecule has 1 unspecified atom stereocenters. The maximum Gasteiger partial charge on any atom is 0.0897 e. The highest BCUT2D eigenvalue weighted by molar-refractivity contribution is 7.11. The molecule has 0 spiro atoms. The summed E-state index contributed by atoms with van der Waals surface area (Å²) >= 11 is 1.75. The van der Waals surface area contributed by atoms with Gasteiger partial charge >= 0.3 is 0 Å². The van der Waals surface area contributed by atoms with Gasteiger partial charge in [0, 0.05) is 17.6 Å². The maximum atomic E-state index is 5.53. The molecule has 4 heteroatoms. The van der Waals surface area contributed by atoms with Gasteiger partial charge in [-0.15, -0.1) is 11.3 Å². The van der Waals surface area contributed by atoms with Crippen LogP contribution in [-0.4, -0.2) is 18.1 Å². The zero-order chi connectivity index (χ0) is 10.4. The van der Waals surface area contributed by atoms with Crippen LogP contribution in [0.5, 0.6) is 0 Å². The molecule has 0 aliphatic carbocycles. The highest BCUT2D eigenvalue weighted by Gasteiger charge is 1.99. The fourth-order valence-electron chi connectivity index (χ4n) is 1.16. The van der Waals surface area contributed by atoms with Crippen molar-refractivity contribution in [3.63, 3.8) is 0 Å². The minimum Gasteiger partial charge on any atom is -0.330 e. The first-order valence-corrected chi connectivity index (χ1v) is 5.86. The Balaban J connectivity index is 2.10. The number of nitrogens with one attached hydrogen (secondary N) is 1. The smallest absolute Gasteiger partial charge is 0.0897 e. The maximum absolute atomic E-state index is 5.53. The van der Waals surface area contributed by atoms with Gasteiger partial charge in [-0.1, -0.05) is 6.92 Å². The van der Waals surface area contributed by atoms with Crippen LogP contribution in [-0.2, 0) is 6.54 Å². The third-order valence-electron chi connectivity index (χ3n) is 2.18. The minimum absolute atomic E-state index is 0.616. The highest BCUT2D eigenvalue weighted by atomic mass is 32.1. The molecule has 0 aliphatic heterocycles. The van der Waals surface area contributed by atoms with Crippen LogP contribution in [0.3, 0.4) is 0 Å². The Bertz CT molecular complexity index is 260. The first kappa shape index (κ1) is 11.6. The molecule has 14 heavy (non-hydrogen) atoms. The van der Waals surface area contributed by atoms with Crippen LogP contribution >= 0.6 is 11.3 Å². The number of aromatic nitrogens is 1. The van der Waals surface area contributed by atoms with E-state index in [9.17, 15) is 0 Å². The van der Waals surface area contributed by atoms with Crippen molar-refractivity contribution >= 4 is 11.3 Å². The molecule has 0 fully saturated rings. The number of thiazole rings is 1. The number of hydrogen-bond donors (Lipinski definition) is 2. The molecule has 1 rings (SSSR count). The molecule has 0 saturated carbocycles. The third kappa shape index (κ3) is 4.17. The summed E-state index contributed by atoms with van der Waals surface area (Å²) in [6.45, 7) is 6.96. The van der Waals surface area contributed by atoms with Crippen LogP contribution in [0.4, 0.5) is 0 Å². The Labute approximate surface area is 89.7 Å². The van der Waals surface area contributed by atoms with Crippen molar-refractivity contribution in [2.75, 3.05) is 13.1 Å². The van der Waals surface area contributed by atoms with Gasteiger partial charge in [0.25, 0.3) is 0 Å². The molecule has 3 nitrogen and oxygen atoms in total. The van der Waals surface area contributed by atoms with Gasteiger partial charge in [0.05, 0.1) is 5.01 Å². The average Bonchev–Trinajstić information content (AvgIpc) is 2.58. The van der Waals surface area contributed by atoms with Crippen molar-refractivity contribution in [1.82, 2.24) is 10.3 Å². The van der Waals surface area contributed by atoms with E-state index in [4.69, 9.17) is 5.73 Å². The van der Waals surface area contributed by atoms with E-state index < -0.39 is 0 Å². The fourth-order valence-corrected chi connectivity index (χ4v) is 1.93. The van der Waals surface area contributed by atoms with Gasteiger partial charge in [-0.2, -0.15) is 0 Å². The standard InChI is InChI=1S/C10H19N3S/c1-8(5-11)3-4-12-6-10-7-13-9(2)14-10/h7-8,12H,3-6,11H2,1-2H3. The molecule has 1 atom stereocenters. The molecule has 0 bridgehead atoms. The van der Waals surface area contributed by atoms with Crippen LogP contribution in [0.15, 0.2) is 6.20 Å². The Morgan fingerprint density at radius 3 is 3.00 bits per heavy atom. The summed E-state index contributed by atoms with van der Waals surface area (Å²) in [7, 11) is 0. The Morgan fingerprint density at radius 2 is 2.43 bits per heavy atom. The van der Waals surface area contributed by atoms with E-state index in [1.54, 1.807) is 11.3 Å². The first-order valence-electron chi connectivity index (χ1n) is 5.04. The van der Waals surface area contributed by atoms with E-state index in [1.807, 2.05) is 13.1 Å². The predicted octanol–water partition coefficient (Wildman–Crippen LogP) is 1.53. The van der Waals surface area contributed by atoms with Crippen LogP contribution in [0.25, 0.3) is 0 Å². The van der Waals surface area contributed by atoms with Crippen LogP contribution in [0.1, 0.15) is 23.2 Å². The summed E-state index contributed by atoms with van der Waals surface area (Å²) in [5, 5.41) is 4.53. The second kappa shape index (κ2) is 6.11. The number of hydrogen-bond acceptors (Lipinski definition) is 4. The number of nitrogens with zero attached hydrogens (tertiary/aromatic N) is 1. The zero-order valence-electron chi connectivity index (χ0n) is 8.92. The van der Waals surface area contributed by atoms with Gasteiger partial charge < -0.3 is 11.1 Å². The average molecular weight is 213 g/mol. The van der Waals surface area contributed by atoms with Crippen LogP contribution < -0.4 is 11.1 Å². The second-order valence-electron chi connectivity index (χ2n) is 3.65. The molecule has 1 aromatic rings. The first-order chi connectivity index (χ1) is 6.72. The zero-order valence-corrected chi connectivity index (χ0v) is 9.73. The van der Waals surface area contributed by atoms with Crippen molar-refractivity contribution in [3.05, 3.63) is 16.1 Å². The van der Waals surface area contributed by atoms with E-state index in [1.165, 1.54) is 4.88 Å². The van der Waals surface area contributed by atoms with Crippen LogP contribution in [0.2, 0.25) is 0 Å². The van der Waals surface area contributed by atoms with Gasteiger partial charge in [0.1, 0.15) is 0 Å². The van der Waals surface area contributed by atoms with E-state index in [2.05, 4.69) is 17.2 Å². The van der Waals surface area contributed by atoms with Crippen molar-refractivity contribution in [2.24, 2.45) is 11.7 Å². The summed E-state index contributed by atoms with van der Waals surface area (Å²) in [5.41, 5.74) is 5.53. The molecule has 0 aromatic carbocycles. The molecular formula is C10H19N3S. The molecular weight excluding hydrogens is 194 g/mol. The summed E-state index contributed by atoms with van der Waals surface area (Å²) in [6.07, 6.45) is 3.09. The van der Waals surface area contributed by atoms with E-state index >= 15 is 0 Å². The summed E-state index contributed by atoms with van der Waals surface area (Å²) in [4.78, 5) is 5.51. The number of nitrogens with two attached hydrogens (primary N) is 1. The lowest BCUT2D eigenvalue weighted by molar-refractivity contribution is 0.510. The van der Waals surface area contributed by atoms with Gasteiger partial charge in [-0.3, -0.25) is 0 Å². The van der Waals surface area contributed by atoms with Gasteiger partial charge in [-0.25, -0.2) is 4.98 Å². The quantitative estimate of drug-likeness (QED) is 0.705. The Hall–Kier alpha value is -0.450. The van der Waals surface area contributed by atoms with E-state index in [0.29, 0.717) is 5.92 Å². The highest BCUT2D eigenvalue weighted by Crippen LogP contribution is 2.10. The van der Waals surface area contributed by atoms with Crippen molar-refractivity contribution in [2.45, 2.75) is 26.8 Å². The molecule has 1 heterocycles. The number of aryl methyl sites for hydroxylation is 1. The largest absolute Gasteiger partial charge is 0.330 e. The van der Waals surface area contributed by atoms with Crippen LogP contribution in [0, 0.1) is 12.8 Å². The molecule has 1 aromatic heterocycles. The van der Waals surface area contributed by atoms with Gasteiger partial charge in [0.15, 0.2) is 0 Å². The monoisotopic (exact) mass is 213 g/mol. The molecule has 0 radical (unpaired) electrons. The molecule has 0 aliphatic rings. The number of rotatable bonds is 6. The fraction of sp³-hybridized carbons (Fsp3) is 0.700. The summed E-state index contributed by atoms with van der Waals surface area (Å²) in [6, 6.07) is 0. The second-order valence-corrected chi connectivity index (χ2v) is 4.97. The Kier molecular flexibility index (Phi) is 5.07. The summed E-state index contributed by atoms with van der Waals surface area (Å²) < 4.78 is 0. The van der Waals surface area contributed by atoms with E-state index in [0.717, 1.165) is 31.1 Å². The normalized spacial score (nSPS) is 13.1. The minimum atomic E-state index is 0.616. The predicted molar refractivity (Wildman–Crippen MR) is 61.4 cm³/mol. The van der Waals surface area contributed by atoms with Crippen molar-refractivity contribution in [1.29, 1.82) is 0 Å². The molecule has 3 N–H and O–H groups in total. The van der Waals surface area contributed by atoms with Gasteiger partial charge in [0.2, 0.25) is 0 Å². The van der Waals surface area contributed by atoms with Crippen molar-refractivity contribution < 1.29 is 0 Å². The lowest BCUT2D eigenvalue weighted by atomic mass is 10.1. The topological polar surface area (TPSA) is 50.9 Å². The van der Waals surface area contributed by atoms with E-state index in [-0.39, 0.29) is 0 Å². The lowest BCUT2D eigenvalue weighted by Gasteiger charge is -2.07. The third-order valence-corrected chi connectivity index (χ3v) is 3.10. The van der Waals surface area contributed by atoms with Crippen molar-refractivity contribution in [3.8, 4) is 0 Å². The van der Waals surface area contributed by atoms with Gasteiger partial charge in [-0.05, 0) is 32.4 Å². The molecule has 80 valence electrons. The Morgan fingerprint density at radius 1 is 1.64 bits per heavy atom. The SMILES string of the molecule is Cc1ncc(CNCCC(C)CN)s1.